The van der Waals surface area contributed by atoms with Crippen molar-refractivity contribution < 1.29 is 58.9 Å². The van der Waals surface area contributed by atoms with Crippen molar-refractivity contribution in [3.63, 3.8) is 0 Å². The maximum atomic E-state index is 3.91. The first-order valence-corrected chi connectivity index (χ1v) is 13.1. The van der Waals surface area contributed by atoms with Crippen LogP contribution in [0.4, 0.5) is 0 Å². The summed E-state index contributed by atoms with van der Waals surface area (Å²) in [5.41, 5.74) is 3.88. The van der Waals surface area contributed by atoms with Gasteiger partial charge in [0, 0.05) is 5.41 Å². The van der Waals surface area contributed by atoms with E-state index in [1.54, 1.807) is 0 Å². The summed E-state index contributed by atoms with van der Waals surface area (Å²) in [6.07, 6.45) is 7.42. The zero-order valence-electron chi connectivity index (χ0n) is 18.7. The monoisotopic (exact) mass is 512 g/mol. The molecule has 0 heterocycles. The van der Waals surface area contributed by atoms with Gasteiger partial charge in [0.25, 0.3) is 0 Å². The predicted molar refractivity (Wildman–Crippen MR) is 116 cm³/mol. The molecule has 0 saturated carbocycles. The van der Waals surface area contributed by atoms with Crippen LogP contribution in [0.25, 0.3) is 0 Å². The molecule has 30 heavy (non-hydrogen) atoms. The van der Waals surface area contributed by atoms with Crippen LogP contribution in [-0.4, -0.2) is 8.07 Å². The van der Waals surface area contributed by atoms with Crippen LogP contribution in [-0.2, 0) is 27.1 Å². The molecule has 0 amide bonds. The Kier molecular flexibility index (Phi) is 12.9. The second-order valence-corrected chi connectivity index (χ2v) is 14.5. The van der Waals surface area contributed by atoms with Crippen LogP contribution < -0.4 is 37.2 Å². The van der Waals surface area contributed by atoms with E-state index >= 15 is 0 Å². The number of rotatable bonds is 4. The van der Waals surface area contributed by atoms with Crippen molar-refractivity contribution in [2.75, 3.05) is 0 Å². The van der Waals surface area contributed by atoms with Gasteiger partial charge < -0.3 is 37.2 Å². The van der Waals surface area contributed by atoms with Crippen molar-refractivity contribution in [1.82, 2.24) is 0 Å². The Morgan fingerprint density at radius 1 is 0.733 bits per heavy atom. The summed E-state index contributed by atoms with van der Waals surface area (Å²) in [7, 11) is -1.35. The van der Waals surface area contributed by atoms with Crippen LogP contribution >= 0.6 is 0 Å². The van der Waals surface area contributed by atoms with Crippen LogP contribution in [0.1, 0.15) is 38.3 Å². The van der Waals surface area contributed by atoms with Crippen molar-refractivity contribution in [1.29, 1.82) is 0 Å². The minimum Gasteiger partial charge on any atom is -1.00 e. The predicted octanol–water partition coefficient (Wildman–Crippen LogP) is -2.03. The van der Waals surface area contributed by atoms with Gasteiger partial charge in [-0.05, 0) is 16.5 Å². The standard InChI is InChI=1S/C25H31Si.3ClH.Ti/c1-24(2,3)25(20-13-9-7-10-14-20,21-15-11-8-12-16-21)22-17-18-23(19-22)26(4,5)6;;;;/h7-17H,18H2,1-6H3;3*1H;/q-1;;;;+4/p-3. The molecule has 0 nitrogen and oxygen atoms in total. The molecule has 1 aliphatic carbocycles. The molecule has 0 fully saturated rings. The van der Waals surface area contributed by atoms with E-state index in [1.807, 2.05) is 0 Å². The fourth-order valence-corrected chi connectivity index (χ4v) is 5.56. The molecule has 0 aromatic heterocycles. The summed E-state index contributed by atoms with van der Waals surface area (Å²) in [6, 6.07) is 22.0. The van der Waals surface area contributed by atoms with Crippen LogP contribution in [0, 0.1) is 11.5 Å². The van der Waals surface area contributed by atoms with Gasteiger partial charge in [-0.1, -0.05) is 101 Å². The summed E-state index contributed by atoms with van der Waals surface area (Å²) >= 11 is 0. The van der Waals surface area contributed by atoms with Gasteiger partial charge in [0.15, 0.2) is 0 Å². The summed E-state index contributed by atoms with van der Waals surface area (Å²) in [4.78, 5) is 0. The minimum atomic E-state index is -1.35. The molecule has 0 saturated heterocycles. The van der Waals surface area contributed by atoms with Crippen LogP contribution in [0.2, 0.25) is 19.6 Å². The van der Waals surface area contributed by atoms with Crippen LogP contribution in [0.5, 0.6) is 0 Å². The molecule has 0 N–H and O–H groups in total. The first-order chi connectivity index (χ1) is 12.2. The van der Waals surface area contributed by atoms with E-state index in [9.17, 15) is 0 Å². The summed E-state index contributed by atoms with van der Waals surface area (Å²) in [5.74, 6) is 0. The van der Waals surface area contributed by atoms with Crippen molar-refractivity contribution in [3.05, 3.63) is 94.7 Å². The summed E-state index contributed by atoms with van der Waals surface area (Å²) < 4.78 is 0. The number of halogens is 3. The molecule has 1 aliphatic rings. The maximum Gasteiger partial charge on any atom is 4.00 e. The van der Waals surface area contributed by atoms with Crippen molar-refractivity contribution >= 4 is 8.07 Å². The molecule has 0 bridgehead atoms. The van der Waals surface area contributed by atoms with Crippen molar-refractivity contribution in [2.45, 2.75) is 52.2 Å². The molecule has 0 unspecified atom stereocenters. The van der Waals surface area contributed by atoms with E-state index in [0.717, 1.165) is 6.42 Å². The Labute approximate surface area is 218 Å². The molecule has 0 aliphatic heterocycles. The van der Waals surface area contributed by atoms with Crippen molar-refractivity contribution in [3.8, 4) is 0 Å². The number of hydrogen-bond donors (Lipinski definition) is 0. The molecule has 2 aromatic rings. The number of benzene rings is 2. The van der Waals surface area contributed by atoms with E-state index in [0.29, 0.717) is 0 Å². The van der Waals surface area contributed by atoms with Gasteiger partial charge in [-0.2, -0.15) is 5.20 Å². The minimum absolute atomic E-state index is 0. The molecular weight excluding hydrogens is 483 g/mol. The average Bonchev–Trinajstić information content (AvgIpc) is 3.07. The van der Waals surface area contributed by atoms with Gasteiger partial charge in [0.1, 0.15) is 0 Å². The Balaban J connectivity index is 0. The fourth-order valence-electron chi connectivity index (χ4n) is 4.33. The van der Waals surface area contributed by atoms with E-state index in [4.69, 9.17) is 0 Å². The third-order valence-corrected chi connectivity index (χ3v) is 7.78. The van der Waals surface area contributed by atoms with Gasteiger partial charge >= 0.3 is 21.7 Å². The quantitative estimate of drug-likeness (QED) is 0.327. The number of hydrogen-bond acceptors (Lipinski definition) is 0. The Bertz CT molecular complexity index is 793. The molecule has 160 valence electrons. The zero-order chi connectivity index (χ0) is 19.0. The normalized spacial score (nSPS) is 13.5. The van der Waals surface area contributed by atoms with E-state index < -0.39 is 8.07 Å². The molecule has 3 rings (SSSR count). The summed E-state index contributed by atoms with van der Waals surface area (Å²) in [5, 5.41) is 1.54. The van der Waals surface area contributed by atoms with E-state index in [1.165, 1.54) is 21.9 Å². The average molecular weight is 514 g/mol. The van der Waals surface area contributed by atoms with Gasteiger partial charge in [0.05, 0.1) is 8.07 Å². The largest absolute Gasteiger partial charge is 4.00 e. The molecular formula is C25H31Cl3SiTi. The van der Waals surface area contributed by atoms with E-state index in [-0.39, 0.29) is 69.8 Å². The smallest absolute Gasteiger partial charge is 1.00 e. The van der Waals surface area contributed by atoms with E-state index in [2.05, 4.69) is 113 Å². The van der Waals surface area contributed by atoms with Crippen LogP contribution in [0.15, 0.2) is 77.5 Å². The van der Waals surface area contributed by atoms with Crippen molar-refractivity contribution in [2.24, 2.45) is 5.41 Å². The topological polar surface area (TPSA) is 0 Å². The second-order valence-electron chi connectivity index (χ2n) is 9.41. The maximum absolute atomic E-state index is 3.91. The SMILES string of the molecule is CC(C)(C)C(C1=CCC([Si](C)(C)C)=[C-]1)(c1ccccc1)c1ccccc1.[Cl-].[Cl-].[Cl-].[Ti+4]. The molecule has 0 spiro atoms. The molecule has 5 heteroatoms. The summed E-state index contributed by atoms with van der Waals surface area (Å²) in [6.45, 7) is 14.4. The first kappa shape index (κ1) is 31.9. The van der Waals surface area contributed by atoms with Gasteiger partial charge in [-0.3, -0.25) is 6.08 Å². The Morgan fingerprint density at radius 3 is 1.43 bits per heavy atom. The first-order valence-electron chi connectivity index (χ1n) is 9.62. The van der Waals surface area contributed by atoms with Crippen LogP contribution in [0.3, 0.4) is 0 Å². The molecule has 0 atom stereocenters. The third-order valence-electron chi connectivity index (χ3n) is 5.64. The number of allylic oxidation sites excluding steroid dienone is 4. The molecule has 0 radical (unpaired) electrons. The second kappa shape index (κ2) is 12.1. The third kappa shape index (κ3) is 5.94. The Morgan fingerprint density at radius 2 is 1.13 bits per heavy atom. The molecule has 2 aromatic carbocycles. The van der Waals surface area contributed by atoms with Gasteiger partial charge in [0.2, 0.25) is 0 Å². The fraction of sp³-hybridized carbons (Fsp3) is 0.360. The Hall–Kier alpha value is -0.279. The zero-order valence-corrected chi connectivity index (χ0v) is 23.5. The van der Waals surface area contributed by atoms with Gasteiger partial charge in [-0.25, -0.2) is 11.6 Å². The van der Waals surface area contributed by atoms with Gasteiger partial charge in [-0.15, -0.1) is 6.42 Å².